The van der Waals surface area contributed by atoms with Gasteiger partial charge in [-0.15, -0.1) is 0 Å². The van der Waals surface area contributed by atoms with Gasteiger partial charge in [0.2, 0.25) is 12.8 Å². The van der Waals surface area contributed by atoms with Gasteiger partial charge in [-0.2, -0.15) is 0 Å². The minimum atomic E-state index is 0. The predicted molar refractivity (Wildman–Crippen MR) is 90.7 cm³/mol. The highest BCUT2D eigenvalue weighted by Crippen LogP contribution is 2.17. The molecule has 2 rings (SSSR count). The van der Waals surface area contributed by atoms with Gasteiger partial charge >= 0.3 is 0 Å². The summed E-state index contributed by atoms with van der Waals surface area (Å²) < 4.78 is 0.930. The van der Waals surface area contributed by atoms with E-state index >= 15 is 0 Å². The molecule has 6 nitrogen and oxygen atoms in total. The fraction of sp³-hybridized carbons (Fsp3) is 0.529. The average Bonchev–Trinajstić information content (AvgIpc) is 2.57. The van der Waals surface area contributed by atoms with Gasteiger partial charge in [-0.05, 0) is 24.1 Å². The van der Waals surface area contributed by atoms with Crippen molar-refractivity contribution >= 4 is 18.5 Å². The number of halogens is 1. The number of nitrogen functional groups attached to an aromatic ring is 1. The molecule has 24 heavy (non-hydrogen) atoms. The van der Waals surface area contributed by atoms with E-state index in [9.17, 15) is 9.59 Å². The van der Waals surface area contributed by atoms with Crippen LogP contribution in [0.3, 0.4) is 0 Å². The number of benzene rings is 1. The first-order valence-electron chi connectivity index (χ1n) is 8.15. The third-order valence-electron chi connectivity index (χ3n) is 4.90. The van der Waals surface area contributed by atoms with E-state index in [1.165, 1.54) is 5.56 Å². The van der Waals surface area contributed by atoms with Gasteiger partial charge in [0.1, 0.15) is 0 Å². The van der Waals surface area contributed by atoms with Crippen LogP contribution in [0.25, 0.3) is 0 Å². The van der Waals surface area contributed by atoms with Gasteiger partial charge in [-0.1, -0.05) is 12.1 Å². The summed E-state index contributed by atoms with van der Waals surface area (Å²) >= 11 is 0. The molecule has 0 atom stereocenters. The number of carbonyl (C=O) groups is 2. The van der Waals surface area contributed by atoms with Crippen LogP contribution >= 0.6 is 0 Å². The summed E-state index contributed by atoms with van der Waals surface area (Å²) in [6.45, 7) is 7.99. The molecule has 7 heteroatoms. The minimum Gasteiger partial charge on any atom is -1.00 e. The average molecular weight is 355 g/mol. The smallest absolute Gasteiger partial charge is 0.210 e. The number of hydrogen-bond acceptors (Lipinski definition) is 3. The Morgan fingerprint density at radius 2 is 1.96 bits per heavy atom. The molecule has 0 spiro atoms. The number of hydrogen-bond donors (Lipinski definition) is 2. The van der Waals surface area contributed by atoms with Gasteiger partial charge in [-0.3, -0.25) is 9.59 Å². The fourth-order valence-corrected chi connectivity index (χ4v) is 3.14. The van der Waals surface area contributed by atoms with Crippen LogP contribution in [-0.2, 0) is 16.0 Å². The van der Waals surface area contributed by atoms with Gasteiger partial charge in [0.25, 0.3) is 0 Å². The Hall–Kier alpha value is -1.79. The maximum Gasteiger partial charge on any atom is 0.210 e. The zero-order valence-electron chi connectivity index (χ0n) is 14.2. The molecule has 1 heterocycles. The quantitative estimate of drug-likeness (QED) is 0.228. The summed E-state index contributed by atoms with van der Waals surface area (Å²) in [6.07, 6.45) is 2.63. The van der Waals surface area contributed by atoms with E-state index in [1.54, 1.807) is 0 Å². The summed E-state index contributed by atoms with van der Waals surface area (Å²) in [7, 11) is 0. The number of anilines is 1. The van der Waals surface area contributed by atoms with Crippen molar-refractivity contribution in [3.63, 3.8) is 0 Å². The lowest BCUT2D eigenvalue weighted by atomic mass is 10.1. The van der Waals surface area contributed by atoms with Crippen molar-refractivity contribution in [3.05, 3.63) is 29.3 Å². The number of quaternary nitrogens is 1. The lowest BCUT2D eigenvalue weighted by Crippen LogP contribution is -3.00. The van der Waals surface area contributed by atoms with Crippen molar-refractivity contribution in [2.24, 2.45) is 0 Å². The summed E-state index contributed by atoms with van der Waals surface area (Å²) in [6, 6.07) is 6.25. The monoisotopic (exact) mass is 354 g/mol. The van der Waals surface area contributed by atoms with E-state index in [4.69, 9.17) is 5.73 Å². The van der Waals surface area contributed by atoms with Crippen molar-refractivity contribution in [3.8, 4) is 0 Å². The Bertz CT molecular complexity index is 540. The first kappa shape index (κ1) is 20.3. The summed E-state index contributed by atoms with van der Waals surface area (Å²) in [5.74, 6) is 0. The second kappa shape index (κ2) is 9.49. The van der Waals surface area contributed by atoms with Gasteiger partial charge in [0, 0.05) is 12.1 Å². The van der Waals surface area contributed by atoms with Crippen LogP contribution in [-0.4, -0.2) is 68.0 Å². The normalized spacial score (nSPS) is 16.1. The Kier molecular flexibility index (Phi) is 8.01. The van der Waals surface area contributed by atoms with Crippen LogP contribution < -0.4 is 23.5 Å². The second-order valence-corrected chi connectivity index (χ2v) is 6.39. The van der Waals surface area contributed by atoms with E-state index in [0.29, 0.717) is 6.54 Å². The maximum absolute atomic E-state index is 10.9. The Balaban J connectivity index is 0.00000288. The number of nitrogens with one attached hydrogen (secondary N) is 1. The highest BCUT2D eigenvalue weighted by Gasteiger charge is 2.31. The first-order valence-corrected chi connectivity index (χ1v) is 8.15. The highest BCUT2D eigenvalue weighted by atomic mass is 35.5. The number of carbonyl (C=O) groups excluding carboxylic acids is 2. The molecule has 0 saturated carbocycles. The predicted octanol–water partition coefficient (Wildman–Crippen LogP) is -2.84. The molecule has 0 bridgehead atoms. The van der Waals surface area contributed by atoms with Crippen LogP contribution in [0.2, 0.25) is 0 Å². The molecule has 1 aliphatic rings. The number of aryl methyl sites for hydroxylation is 1. The molecular weight excluding hydrogens is 328 g/mol. The largest absolute Gasteiger partial charge is 1.00 e. The lowest BCUT2D eigenvalue weighted by Gasteiger charge is -2.44. The van der Waals surface area contributed by atoms with Crippen LogP contribution in [0.1, 0.15) is 11.1 Å². The van der Waals surface area contributed by atoms with Gasteiger partial charge in [0.15, 0.2) is 0 Å². The van der Waals surface area contributed by atoms with Crippen LogP contribution in [0.4, 0.5) is 5.69 Å². The molecular formula is C17H27ClN4O2. The van der Waals surface area contributed by atoms with Crippen molar-refractivity contribution in [2.45, 2.75) is 13.3 Å². The number of piperazine rings is 1. The molecule has 0 radical (unpaired) electrons. The van der Waals surface area contributed by atoms with Gasteiger partial charge in [0.05, 0.1) is 45.8 Å². The fourth-order valence-electron chi connectivity index (χ4n) is 3.14. The molecule has 1 saturated heterocycles. The van der Waals surface area contributed by atoms with Gasteiger partial charge < -0.3 is 32.8 Å². The van der Waals surface area contributed by atoms with E-state index < -0.39 is 0 Å². The van der Waals surface area contributed by atoms with Crippen LogP contribution in [0.5, 0.6) is 0 Å². The number of nitrogens with zero attached hydrogens (tertiary/aromatic N) is 2. The van der Waals surface area contributed by atoms with E-state index in [1.807, 2.05) is 11.8 Å². The topological polar surface area (TPSA) is 75.4 Å². The molecule has 1 aromatic rings. The van der Waals surface area contributed by atoms with E-state index in [2.05, 4.69) is 23.5 Å². The lowest BCUT2D eigenvalue weighted by molar-refractivity contribution is -0.930. The molecule has 1 aliphatic heterocycles. The Morgan fingerprint density at radius 1 is 1.25 bits per heavy atom. The second-order valence-electron chi connectivity index (χ2n) is 6.39. The third kappa shape index (κ3) is 5.39. The Morgan fingerprint density at radius 3 is 2.54 bits per heavy atom. The molecule has 3 N–H and O–H groups in total. The molecule has 0 aromatic heterocycles. The van der Waals surface area contributed by atoms with Crippen LogP contribution in [0, 0.1) is 6.92 Å². The van der Waals surface area contributed by atoms with E-state index in [-0.39, 0.29) is 12.4 Å². The SMILES string of the molecule is Cc1ccc(CC[N+]2(CCNC=O)CCN(C=O)CC2)cc1N.[Cl-]. The van der Waals surface area contributed by atoms with Crippen LogP contribution in [0.15, 0.2) is 18.2 Å². The Labute approximate surface area is 150 Å². The first-order chi connectivity index (χ1) is 11.1. The minimum absolute atomic E-state index is 0. The van der Waals surface area contributed by atoms with Crippen molar-refractivity contribution in [2.75, 3.05) is 51.5 Å². The van der Waals surface area contributed by atoms with Gasteiger partial charge in [-0.25, -0.2) is 0 Å². The number of nitrogens with two attached hydrogens (primary N) is 1. The molecule has 134 valence electrons. The molecule has 1 fully saturated rings. The third-order valence-corrected chi connectivity index (χ3v) is 4.90. The number of amides is 2. The highest BCUT2D eigenvalue weighted by molar-refractivity contribution is 5.48. The van der Waals surface area contributed by atoms with E-state index in [0.717, 1.165) is 74.2 Å². The van der Waals surface area contributed by atoms with Crippen molar-refractivity contribution in [1.82, 2.24) is 10.2 Å². The van der Waals surface area contributed by atoms with Crippen molar-refractivity contribution < 1.29 is 26.5 Å². The molecule has 2 amide bonds. The van der Waals surface area contributed by atoms with Crippen molar-refractivity contribution in [1.29, 1.82) is 0 Å². The molecule has 1 aromatic carbocycles. The summed E-state index contributed by atoms with van der Waals surface area (Å²) in [5.41, 5.74) is 9.18. The summed E-state index contributed by atoms with van der Waals surface area (Å²) in [5, 5.41) is 2.76. The zero-order chi connectivity index (χ0) is 16.7. The zero-order valence-corrected chi connectivity index (χ0v) is 15.0. The number of rotatable bonds is 8. The standard InChI is InChI=1S/C17H26N4O2.ClH/c1-15-2-3-16(12-17(15)18)4-8-21(9-5-19-13-22)10-6-20(14-23)7-11-21;/h2-3,12-14H,4-11,18H2,1H3;1H. The molecule has 0 unspecified atom stereocenters. The molecule has 0 aliphatic carbocycles. The summed E-state index contributed by atoms with van der Waals surface area (Å²) in [4.78, 5) is 23.3. The maximum atomic E-state index is 10.9.